The number of nitrogens with zero attached hydrogens (tertiary/aromatic N) is 3. The SMILES string of the molecule is Cc1nc2ccc(C(=O)NC3CCC(n4nc5c(cc4=O)CCCC5)CC3)cc2[nH]1. The maximum Gasteiger partial charge on any atom is 0.267 e. The minimum absolute atomic E-state index is 0.0197. The maximum absolute atomic E-state index is 12.7. The Balaban J connectivity index is 1.23. The summed E-state index contributed by atoms with van der Waals surface area (Å²) < 4.78 is 1.71. The van der Waals surface area contributed by atoms with E-state index in [1.807, 2.05) is 25.1 Å². The van der Waals surface area contributed by atoms with Crippen LogP contribution < -0.4 is 10.9 Å². The molecule has 0 atom stereocenters. The summed E-state index contributed by atoms with van der Waals surface area (Å²) in [4.78, 5) is 32.8. The highest BCUT2D eigenvalue weighted by molar-refractivity contribution is 5.97. The van der Waals surface area contributed by atoms with Crippen LogP contribution in [0.5, 0.6) is 0 Å². The molecule has 0 unspecified atom stereocenters. The van der Waals surface area contributed by atoms with Gasteiger partial charge >= 0.3 is 0 Å². The molecule has 156 valence electrons. The fraction of sp³-hybridized carbons (Fsp3) is 0.478. The monoisotopic (exact) mass is 405 g/mol. The lowest BCUT2D eigenvalue weighted by molar-refractivity contribution is 0.0921. The average Bonchev–Trinajstić information content (AvgIpc) is 3.13. The molecular formula is C23H27N5O2. The van der Waals surface area contributed by atoms with Crippen LogP contribution in [0.15, 0.2) is 29.1 Å². The number of aromatic nitrogens is 4. The van der Waals surface area contributed by atoms with Gasteiger partial charge < -0.3 is 10.3 Å². The number of fused-ring (bicyclic) bond motifs is 2. The number of nitrogens with one attached hydrogen (secondary N) is 2. The Kier molecular flexibility index (Phi) is 4.89. The summed E-state index contributed by atoms with van der Waals surface area (Å²) in [6.45, 7) is 1.90. The molecule has 2 N–H and O–H groups in total. The number of rotatable bonds is 3. The summed E-state index contributed by atoms with van der Waals surface area (Å²) in [6.07, 6.45) is 7.67. The topological polar surface area (TPSA) is 92.7 Å². The molecule has 3 aromatic rings. The van der Waals surface area contributed by atoms with Crippen molar-refractivity contribution in [3.8, 4) is 0 Å². The van der Waals surface area contributed by atoms with Gasteiger partial charge in [0.05, 0.1) is 22.8 Å². The van der Waals surface area contributed by atoms with E-state index in [4.69, 9.17) is 5.10 Å². The second kappa shape index (κ2) is 7.70. The van der Waals surface area contributed by atoms with Crippen LogP contribution in [0.25, 0.3) is 11.0 Å². The highest BCUT2D eigenvalue weighted by Gasteiger charge is 2.26. The minimum Gasteiger partial charge on any atom is -0.349 e. The van der Waals surface area contributed by atoms with Gasteiger partial charge in [-0.15, -0.1) is 0 Å². The van der Waals surface area contributed by atoms with Gasteiger partial charge in [-0.05, 0) is 82.1 Å². The third-order valence-corrected chi connectivity index (χ3v) is 6.47. The van der Waals surface area contributed by atoms with E-state index >= 15 is 0 Å². The van der Waals surface area contributed by atoms with Gasteiger partial charge in [0.2, 0.25) is 0 Å². The molecule has 1 aromatic carbocycles. The zero-order chi connectivity index (χ0) is 20.7. The molecule has 2 aliphatic rings. The number of benzene rings is 1. The normalized spacial score (nSPS) is 21.4. The van der Waals surface area contributed by atoms with E-state index in [0.29, 0.717) is 5.56 Å². The molecule has 1 amide bonds. The molecule has 5 rings (SSSR count). The number of amides is 1. The lowest BCUT2D eigenvalue weighted by atomic mass is 9.90. The summed E-state index contributed by atoms with van der Waals surface area (Å²) in [6, 6.07) is 7.60. The number of hydrogen-bond donors (Lipinski definition) is 2. The summed E-state index contributed by atoms with van der Waals surface area (Å²) in [5.41, 5.74) is 4.63. The highest BCUT2D eigenvalue weighted by atomic mass is 16.1. The molecule has 2 aromatic heterocycles. The Morgan fingerprint density at radius 1 is 1.13 bits per heavy atom. The Hall–Kier alpha value is -2.96. The maximum atomic E-state index is 12.7. The number of carbonyl (C=O) groups is 1. The second-order valence-corrected chi connectivity index (χ2v) is 8.64. The van der Waals surface area contributed by atoms with Crippen LogP contribution in [0.2, 0.25) is 0 Å². The Bertz CT molecular complexity index is 1150. The van der Waals surface area contributed by atoms with Gasteiger partial charge in [-0.25, -0.2) is 9.67 Å². The van der Waals surface area contributed by atoms with Crippen LogP contribution in [0, 0.1) is 6.92 Å². The minimum atomic E-state index is -0.0586. The summed E-state index contributed by atoms with van der Waals surface area (Å²) >= 11 is 0. The number of H-pyrrole nitrogens is 1. The Labute approximate surface area is 174 Å². The smallest absolute Gasteiger partial charge is 0.267 e. The van der Waals surface area contributed by atoms with Crippen molar-refractivity contribution < 1.29 is 4.79 Å². The quantitative estimate of drug-likeness (QED) is 0.700. The zero-order valence-electron chi connectivity index (χ0n) is 17.3. The Morgan fingerprint density at radius 2 is 1.93 bits per heavy atom. The van der Waals surface area contributed by atoms with Crippen LogP contribution in [-0.4, -0.2) is 31.7 Å². The second-order valence-electron chi connectivity index (χ2n) is 8.64. The van der Waals surface area contributed by atoms with Crippen molar-refractivity contribution in [3.05, 3.63) is 57.3 Å². The van der Waals surface area contributed by atoms with Crippen LogP contribution in [-0.2, 0) is 12.8 Å². The van der Waals surface area contributed by atoms with Gasteiger partial charge in [-0.3, -0.25) is 9.59 Å². The molecule has 1 fully saturated rings. The molecule has 0 bridgehead atoms. The van der Waals surface area contributed by atoms with Crippen molar-refractivity contribution in [2.75, 3.05) is 0 Å². The molecule has 7 nitrogen and oxygen atoms in total. The lowest BCUT2D eigenvalue weighted by Crippen LogP contribution is -2.40. The zero-order valence-corrected chi connectivity index (χ0v) is 17.3. The first-order valence-corrected chi connectivity index (χ1v) is 11.0. The fourth-order valence-electron chi connectivity index (χ4n) is 4.85. The number of aryl methyl sites for hydroxylation is 3. The summed E-state index contributed by atoms with van der Waals surface area (Å²) in [7, 11) is 0. The van der Waals surface area contributed by atoms with Crippen molar-refractivity contribution in [2.24, 2.45) is 0 Å². The van der Waals surface area contributed by atoms with Gasteiger partial charge in [0.1, 0.15) is 5.82 Å². The van der Waals surface area contributed by atoms with Gasteiger partial charge in [-0.1, -0.05) is 0 Å². The predicted molar refractivity (Wildman–Crippen MR) is 115 cm³/mol. The Morgan fingerprint density at radius 3 is 2.77 bits per heavy atom. The fourth-order valence-corrected chi connectivity index (χ4v) is 4.85. The molecule has 0 saturated heterocycles. The third kappa shape index (κ3) is 3.64. The van der Waals surface area contributed by atoms with E-state index in [1.54, 1.807) is 10.7 Å². The van der Waals surface area contributed by atoms with E-state index < -0.39 is 0 Å². The standard InChI is InChI=1S/C23H27N5O2/c1-14-24-20-11-6-16(12-21(20)25-14)23(30)26-17-7-9-18(10-8-17)28-22(29)13-15-4-2-3-5-19(15)27-28/h6,11-13,17-18H,2-5,7-10H2,1H3,(H,24,25)(H,26,30). The van der Waals surface area contributed by atoms with Crippen LogP contribution >= 0.6 is 0 Å². The number of hydrogen-bond acceptors (Lipinski definition) is 4. The van der Waals surface area contributed by atoms with Crippen LogP contribution in [0.1, 0.15) is 72.0 Å². The molecule has 2 aliphatic carbocycles. The van der Waals surface area contributed by atoms with E-state index in [9.17, 15) is 9.59 Å². The van der Waals surface area contributed by atoms with Gasteiger partial charge in [0, 0.05) is 17.7 Å². The lowest BCUT2D eigenvalue weighted by Gasteiger charge is -2.30. The van der Waals surface area contributed by atoms with Crippen molar-refractivity contribution in [1.82, 2.24) is 25.1 Å². The molecule has 30 heavy (non-hydrogen) atoms. The van der Waals surface area contributed by atoms with Gasteiger partial charge in [-0.2, -0.15) is 5.10 Å². The molecular weight excluding hydrogens is 378 g/mol. The van der Waals surface area contributed by atoms with E-state index in [2.05, 4.69) is 15.3 Å². The molecule has 7 heteroatoms. The van der Waals surface area contributed by atoms with Gasteiger partial charge in [0.25, 0.3) is 11.5 Å². The van der Waals surface area contributed by atoms with E-state index in [1.165, 1.54) is 0 Å². The van der Waals surface area contributed by atoms with Crippen molar-refractivity contribution >= 4 is 16.9 Å². The largest absolute Gasteiger partial charge is 0.349 e. The van der Waals surface area contributed by atoms with Crippen LogP contribution in [0.4, 0.5) is 0 Å². The average molecular weight is 406 g/mol. The molecule has 0 aliphatic heterocycles. The molecule has 1 saturated carbocycles. The number of imidazole rings is 1. The molecule has 0 spiro atoms. The van der Waals surface area contributed by atoms with Crippen molar-refractivity contribution in [3.63, 3.8) is 0 Å². The molecule has 2 heterocycles. The third-order valence-electron chi connectivity index (χ3n) is 6.47. The van der Waals surface area contributed by atoms with Gasteiger partial charge in [0.15, 0.2) is 0 Å². The summed E-state index contributed by atoms with van der Waals surface area (Å²) in [5.74, 6) is 0.781. The first-order valence-electron chi connectivity index (χ1n) is 11.0. The van der Waals surface area contributed by atoms with Crippen LogP contribution in [0.3, 0.4) is 0 Å². The summed E-state index contributed by atoms with van der Waals surface area (Å²) in [5, 5.41) is 7.87. The first-order chi connectivity index (χ1) is 14.6. The highest BCUT2D eigenvalue weighted by Crippen LogP contribution is 2.28. The molecule has 0 radical (unpaired) electrons. The number of aromatic amines is 1. The van der Waals surface area contributed by atoms with E-state index in [0.717, 1.165) is 79.5 Å². The first kappa shape index (κ1) is 19.0. The van der Waals surface area contributed by atoms with E-state index in [-0.39, 0.29) is 23.6 Å². The van der Waals surface area contributed by atoms with Crippen molar-refractivity contribution in [2.45, 2.75) is 70.4 Å². The number of carbonyl (C=O) groups excluding carboxylic acids is 1. The van der Waals surface area contributed by atoms with Crippen molar-refractivity contribution in [1.29, 1.82) is 0 Å². The predicted octanol–water partition coefficient (Wildman–Crippen LogP) is 3.22.